The molecule has 1 atom stereocenters. The summed E-state index contributed by atoms with van der Waals surface area (Å²) in [4.78, 5) is 4.58. The predicted octanol–water partition coefficient (Wildman–Crippen LogP) is 3.12. The first-order valence-electron chi connectivity index (χ1n) is 8.34. The molecule has 0 spiro atoms. The maximum atomic E-state index is 13.3. The highest BCUT2D eigenvalue weighted by Gasteiger charge is 2.29. The first-order valence-corrected chi connectivity index (χ1v) is 10.5. The Kier molecular flexibility index (Phi) is 8.60. The van der Waals surface area contributed by atoms with Crippen molar-refractivity contribution in [1.82, 2.24) is 10.6 Å². The SMILES string of the molecule is CCNC(=NCC(C)(C)c1ccc(F)cc1Cl)NC1CCS(=O)(=O)C1.I. The summed E-state index contributed by atoms with van der Waals surface area (Å²) < 4.78 is 36.5. The third kappa shape index (κ3) is 6.53. The monoisotopic (exact) mass is 517 g/mol. The fraction of sp³-hybridized carbons (Fsp3) is 0.588. The average molecular weight is 518 g/mol. The van der Waals surface area contributed by atoms with E-state index in [0.29, 0.717) is 30.5 Å². The molecule has 5 nitrogen and oxygen atoms in total. The minimum atomic E-state index is -2.95. The molecule has 1 saturated heterocycles. The van der Waals surface area contributed by atoms with E-state index in [1.165, 1.54) is 12.1 Å². The smallest absolute Gasteiger partial charge is 0.191 e. The van der Waals surface area contributed by atoms with E-state index in [2.05, 4.69) is 15.6 Å². The van der Waals surface area contributed by atoms with Crippen molar-refractivity contribution in [2.75, 3.05) is 24.6 Å². The Bertz CT molecular complexity index is 756. The van der Waals surface area contributed by atoms with Gasteiger partial charge in [0.25, 0.3) is 0 Å². The van der Waals surface area contributed by atoms with Crippen LogP contribution < -0.4 is 10.6 Å². The molecular weight excluding hydrogens is 492 g/mol. The van der Waals surface area contributed by atoms with E-state index in [4.69, 9.17) is 11.6 Å². The van der Waals surface area contributed by atoms with Crippen LogP contribution in [0.15, 0.2) is 23.2 Å². The Labute approximate surface area is 177 Å². The second-order valence-corrected chi connectivity index (χ2v) is 9.58. The van der Waals surface area contributed by atoms with E-state index < -0.39 is 15.3 Å². The maximum Gasteiger partial charge on any atom is 0.191 e. The zero-order valence-corrected chi connectivity index (χ0v) is 19.1. The summed E-state index contributed by atoms with van der Waals surface area (Å²) in [5.41, 5.74) is 0.424. The van der Waals surface area contributed by atoms with Gasteiger partial charge >= 0.3 is 0 Å². The molecule has 9 heteroatoms. The number of hydrogen-bond acceptors (Lipinski definition) is 3. The molecule has 26 heavy (non-hydrogen) atoms. The van der Waals surface area contributed by atoms with E-state index in [0.717, 1.165) is 5.56 Å². The number of guanidine groups is 1. The van der Waals surface area contributed by atoms with Crippen molar-refractivity contribution < 1.29 is 12.8 Å². The lowest BCUT2D eigenvalue weighted by atomic mass is 9.84. The first-order chi connectivity index (χ1) is 11.6. The summed E-state index contributed by atoms with van der Waals surface area (Å²) >= 11 is 6.17. The van der Waals surface area contributed by atoms with Gasteiger partial charge < -0.3 is 10.6 Å². The van der Waals surface area contributed by atoms with Crippen LogP contribution in [0.25, 0.3) is 0 Å². The van der Waals surface area contributed by atoms with Crippen LogP contribution in [0, 0.1) is 5.82 Å². The lowest BCUT2D eigenvalue weighted by molar-refractivity contribution is 0.532. The predicted molar refractivity (Wildman–Crippen MR) is 116 cm³/mol. The molecular formula is C17H26ClFIN3O2S. The van der Waals surface area contributed by atoms with Crippen LogP contribution in [0.3, 0.4) is 0 Å². The third-order valence-electron chi connectivity index (χ3n) is 4.21. The van der Waals surface area contributed by atoms with Crippen LogP contribution in [0.5, 0.6) is 0 Å². The number of nitrogens with one attached hydrogen (secondary N) is 2. The molecule has 0 aliphatic carbocycles. The fourth-order valence-corrected chi connectivity index (χ4v) is 4.92. The molecule has 0 aromatic heterocycles. The summed E-state index contributed by atoms with van der Waals surface area (Å²) in [6.07, 6.45) is 0.583. The molecule has 0 bridgehead atoms. The van der Waals surface area contributed by atoms with E-state index >= 15 is 0 Å². The third-order valence-corrected chi connectivity index (χ3v) is 6.29. The summed E-state index contributed by atoms with van der Waals surface area (Å²) in [7, 11) is -2.95. The number of rotatable bonds is 5. The molecule has 0 radical (unpaired) electrons. The van der Waals surface area contributed by atoms with Gasteiger partial charge in [-0.3, -0.25) is 4.99 Å². The largest absolute Gasteiger partial charge is 0.357 e. The van der Waals surface area contributed by atoms with Crippen molar-refractivity contribution in [1.29, 1.82) is 0 Å². The fourth-order valence-electron chi connectivity index (χ4n) is 2.82. The van der Waals surface area contributed by atoms with Crippen LogP contribution in [0.2, 0.25) is 5.02 Å². The van der Waals surface area contributed by atoms with Crippen molar-refractivity contribution in [3.63, 3.8) is 0 Å². The van der Waals surface area contributed by atoms with Crippen LogP contribution in [-0.2, 0) is 15.3 Å². The van der Waals surface area contributed by atoms with Crippen LogP contribution >= 0.6 is 35.6 Å². The van der Waals surface area contributed by atoms with E-state index in [1.807, 2.05) is 20.8 Å². The lowest BCUT2D eigenvalue weighted by Crippen LogP contribution is -2.44. The topological polar surface area (TPSA) is 70.6 Å². The molecule has 1 heterocycles. The normalized spacial score (nSPS) is 19.7. The van der Waals surface area contributed by atoms with Crippen molar-refractivity contribution in [3.8, 4) is 0 Å². The van der Waals surface area contributed by atoms with Gasteiger partial charge in [-0.05, 0) is 31.0 Å². The molecule has 148 valence electrons. The number of halogens is 3. The van der Waals surface area contributed by atoms with Crippen molar-refractivity contribution in [2.24, 2.45) is 4.99 Å². The molecule has 1 aliphatic heterocycles. The van der Waals surface area contributed by atoms with Crippen LogP contribution in [-0.4, -0.2) is 45.0 Å². The number of hydrogen-bond donors (Lipinski definition) is 2. The van der Waals surface area contributed by atoms with Gasteiger partial charge in [-0.15, -0.1) is 24.0 Å². The maximum absolute atomic E-state index is 13.3. The Morgan fingerprint density at radius 3 is 2.65 bits per heavy atom. The molecule has 1 unspecified atom stereocenters. The minimum absolute atomic E-state index is 0. The van der Waals surface area contributed by atoms with Crippen LogP contribution in [0.1, 0.15) is 32.8 Å². The Hall–Kier alpha value is -0.610. The number of aliphatic imine (C=N–C) groups is 1. The second kappa shape index (κ2) is 9.54. The molecule has 0 amide bonds. The van der Waals surface area contributed by atoms with Gasteiger partial charge in [-0.1, -0.05) is 31.5 Å². The average Bonchev–Trinajstić information content (AvgIpc) is 2.83. The minimum Gasteiger partial charge on any atom is -0.357 e. The van der Waals surface area contributed by atoms with Crippen molar-refractivity contribution in [3.05, 3.63) is 34.6 Å². The standard InChI is InChI=1S/C17H25ClFN3O2S.HI/c1-4-20-16(22-13-7-8-25(23,24)10-13)21-11-17(2,3)14-6-5-12(19)9-15(14)18;/h5-6,9,13H,4,7-8,10-11H2,1-3H3,(H2,20,21,22);1H. The highest BCUT2D eigenvalue weighted by atomic mass is 127. The van der Waals surface area contributed by atoms with E-state index in [9.17, 15) is 12.8 Å². The first kappa shape index (κ1) is 23.4. The molecule has 1 aromatic carbocycles. The van der Waals surface area contributed by atoms with Gasteiger partial charge in [0.15, 0.2) is 15.8 Å². The second-order valence-electron chi connectivity index (χ2n) is 6.95. The van der Waals surface area contributed by atoms with Gasteiger partial charge in [0, 0.05) is 23.0 Å². The number of sulfone groups is 1. The lowest BCUT2D eigenvalue weighted by Gasteiger charge is -2.25. The summed E-state index contributed by atoms with van der Waals surface area (Å²) in [6.45, 7) is 7.01. The van der Waals surface area contributed by atoms with Crippen LogP contribution in [0.4, 0.5) is 4.39 Å². The van der Waals surface area contributed by atoms with Crippen molar-refractivity contribution >= 4 is 51.4 Å². The Balaban J connectivity index is 0.00000338. The molecule has 2 rings (SSSR count). The van der Waals surface area contributed by atoms with Gasteiger partial charge in [0.2, 0.25) is 0 Å². The Morgan fingerprint density at radius 2 is 2.12 bits per heavy atom. The van der Waals surface area contributed by atoms with Gasteiger partial charge in [0.1, 0.15) is 5.82 Å². The number of benzene rings is 1. The zero-order chi connectivity index (χ0) is 18.7. The van der Waals surface area contributed by atoms with E-state index in [-0.39, 0.29) is 47.3 Å². The van der Waals surface area contributed by atoms with Gasteiger partial charge in [-0.25, -0.2) is 12.8 Å². The molecule has 1 aliphatic rings. The van der Waals surface area contributed by atoms with Crippen molar-refractivity contribution in [2.45, 2.75) is 38.6 Å². The zero-order valence-electron chi connectivity index (χ0n) is 15.2. The molecule has 0 saturated carbocycles. The summed E-state index contributed by atoms with van der Waals surface area (Å²) in [6, 6.07) is 4.24. The highest BCUT2D eigenvalue weighted by molar-refractivity contribution is 14.0. The Morgan fingerprint density at radius 1 is 1.42 bits per heavy atom. The summed E-state index contributed by atoms with van der Waals surface area (Å²) in [5, 5.41) is 6.70. The molecule has 1 fully saturated rings. The molecule has 1 aromatic rings. The van der Waals surface area contributed by atoms with E-state index in [1.54, 1.807) is 6.07 Å². The molecule has 2 N–H and O–H groups in total. The number of nitrogens with zero attached hydrogens (tertiary/aromatic N) is 1. The quantitative estimate of drug-likeness (QED) is 0.358. The van der Waals surface area contributed by atoms with Gasteiger partial charge in [-0.2, -0.15) is 0 Å². The summed E-state index contributed by atoms with van der Waals surface area (Å²) in [5.74, 6) is 0.548. The van der Waals surface area contributed by atoms with Gasteiger partial charge in [0.05, 0.1) is 18.1 Å². The highest BCUT2D eigenvalue weighted by Crippen LogP contribution is 2.30.